The molecule has 2 aromatic heterocycles. The first-order valence-electron chi connectivity index (χ1n) is 5.00. The molecule has 0 saturated carbocycles. The number of amides is 1. The highest BCUT2D eigenvalue weighted by Gasteiger charge is 2.19. The van der Waals surface area contributed by atoms with Crippen molar-refractivity contribution in [3.05, 3.63) is 39.8 Å². The fourth-order valence-corrected chi connectivity index (χ4v) is 1.38. The fourth-order valence-electron chi connectivity index (χ4n) is 1.38. The standard InChI is InChI=1S/C10H7N5O4/c1-14-9(6(4-11)5-12-14)13-10(16)7-2-3-8(19-7)15(17)18/h2-3,5H,1H3,(H,13,16). The van der Waals surface area contributed by atoms with E-state index in [1.807, 2.05) is 6.07 Å². The maximum atomic E-state index is 11.8. The summed E-state index contributed by atoms with van der Waals surface area (Å²) in [6.45, 7) is 0. The Morgan fingerprint density at radius 2 is 2.37 bits per heavy atom. The van der Waals surface area contributed by atoms with Crippen LogP contribution in [0.25, 0.3) is 0 Å². The number of nitrogens with zero attached hydrogens (tertiary/aromatic N) is 4. The van der Waals surface area contributed by atoms with E-state index < -0.39 is 16.7 Å². The Morgan fingerprint density at radius 3 is 2.95 bits per heavy atom. The van der Waals surface area contributed by atoms with Gasteiger partial charge in [-0.2, -0.15) is 10.4 Å². The number of hydrogen-bond donors (Lipinski definition) is 1. The minimum atomic E-state index is -0.748. The average molecular weight is 261 g/mol. The Balaban J connectivity index is 2.23. The van der Waals surface area contributed by atoms with E-state index in [-0.39, 0.29) is 17.1 Å². The lowest BCUT2D eigenvalue weighted by molar-refractivity contribution is -0.402. The lowest BCUT2D eigenvalue weighted by Crippen LogP contribution is -2.14. The van der Waals surface area contributed by atoms with Gasteiger partial charge in [-0.3, -0.25) is 19.6 Å². The van der Waals surface area contributed by atoms with Crippen LogP contribution in [0.1, 0.15) is 16.1 Å². The summed E-state index contributed by atoms with van der Waals surface area (Å²) in [5.74, 6) is -1.27. The van der Waals surface area contributed by atoms with Crippen molar-refractivity contribution in [1.82, 2.24) is 9.78 Å². The molecule has 2 rings (SSSR count). The van der Waals surface area contributed by atoms with Crippen LogP contribution in [0.2, 0.25) is 0 Å². The summed E-state index contributed by atoms with van der Waals surface area (Å²) in [4.78, 5) is 21.5. The lowest BCUT2D eigenvalue weighted by atomic mass is 10.3. The van der Waals surface area contributed by atoms with E-state index in [9.17, 15) is 14.9 Å². The predicted molar refractivity (Wildman–Crippen MR) is 61.2 cm³/mol. The van der Waals surface area contributed by atoms with Crippen LogP contribution < -0.4 is 5.32 Å². The van der Waals surface area contributed by atoms with Crippen LogP contribution in [-0.2, 0) is 7.05 Å². The first-order chi connectivity index (χ1) is 9.02. The van der Waals surface area contributed by atoms with Crippen molar-refractivity contribution < 1.29 is 14.1 Å². The van der Waals surface area contributed by atoms with Crippen LogP contribution in [0.5, 0.6) is 0 Å². The highest BCUT2D eigenvalue weighted by atomic mass is 16.6. The Morgan fingerprint density at radius 1 is 1.63 bits per heavy atom. The van der Waals surface area contributed by atoms with Gasteiger partial charge in [0.15, 0.2) is 5.76 Å². The quantitative estimate of drug-likeness (QED) is 0.649. The Labute approximate surface area is 106 Å². The molecule has 0 radical (unpaired) electrons. The van der Waals surface area contributed by atoms with Crippen LogP contribution in [0.4, 0.5) is 11.7 Å². The van der Waals surface area contributed by atoms with Gasteiger partial charge in [-0.05, 0) is 6.07 Å². The monoisotopic (exact) mass is 261 g/mol. The van der Waals surface area contributed by atoms with Crippen LogP contribution >= 0.6 is 0 Å². The number of anilines is 1. The molecule has 1 N–H and O–H groups in total. The van der Waals surface area contributed by atoms with Gasteiger partial charge in [-0.25, -0.2) is 0 Å². The molecule has 96 valence electrons. The van der Waals surface area contributed by atoms with Crippen LogP contribution in [-0.4, -0.2) is 20.6 Å². The van der Waals surface area contributed by atoms with Crippen molar-refractivity contribution in [2.75, 3.05) is 5.32 Å². The molecule has 19 heavy (non-hydrogen) atoms. The molecule has 0 atom stereocenters. The van der Waals surface area contributed by atoms with Crippen LogP contribution in [0.3, 0.4) is 0 Å². The Bertz CT molecular complexity index is 693. The third-order valence-corrected chi connectivity index (χ3v) is 2.29. The second-order valence-electron chi connectivity index (χ2n) is 3.49. The molecule has 0 aromatic carbocycles. The van der Waals surface area contributed by atoms with Gasteiger partial charge in [0.05, 0.1) is 12.3 Å². The first-order valence-corrected chi connectivity index (χ1v) is 5.00. The van der Waals surface area contributed by atoms with Crippen molar-refractivity contribution in [2.24, 2.45) is 7.05 Å². The normalized spacial score (nSPS) is 9.89. The second-order valence-corrected chi connectivity index (χ2v) is 3.49. The van der Waals surface area contributed by atoms with Gasteiger partial charge < -0.3 is 9.73 Å². The third kappa shape index (κ3) is 2.27. The summed E-state index contributed by atoms with van der Waals surface area (Å²) in [6.07, 6.45) is 1.29. The number of carbonyl (C=O) groups excluding carboxylic acids is 1. The zero-order valence-corrected chi connectivity index (χ0v) is 9.65. The molecule has 1 amide bonds. The number of hydrogen-bond acceptors (Lipinski definition) is 6. The number of carbonyl (C=O) groups is 1. The van der Waals surface area contributed by atoms with Gasteiger partial charge in [0.1, 0.15) is 22.4 Å². The topological polar surface area (TPSA) is 127 Å². The molecule has 0 aliphatic rings. The molecule has 9 heteroatoms. The zero-order valence-electron chi connectivity index (χ0n) is 9.65. The Hall–Kier alpha value is -3.15. The van der Waals surface area contributed by atoms with Crippen LogP contribution in [0.15, 0.2) is 22.7 Å². The molecule has 0 spiro atoms. The highest BCUT2D eigenvalue weighted by Crippen LogP contribution is 2.18. The van der Waals surface area contributed by atoms with Gasteiger partial charge in [-0.15, -0.1) is 0 Å². The minimum absolute atomic E-state index is 0.178. The van der Waals surface area contributed by atoms with Gasteiger partial charge in [0.2, 0.25) is 0 Å². The van der Waals surface area contributed by atoms with Gasteiger partial charge in [0, 0.05) is 7.05 Å². The molecule has 0 unspecified atom stereocenters. The smallest absolute Gasteiger partial charge is 0.395 e. The average Bonchev–Trinajstić information content (AvgIpc) is 2.97. The zero-order chi connectivity index (χ0) is 14.0. The van der Waals surface area contributed by atoms with E-state index in [1.165, 1.54) is 16.9 Å². The summed E-state index contributed by atoms with van der Waals surface area (Å²) in [7, 11) is 1.54. The largest absolute Gasteiger partial charge is 0.433 e. The van der Waals surface area contributed by atoms with E-state index in [0.29, 0.717) is 0 Å². The van der Waals surface area contributed by atoms with Crippen molar-refractivity contribution >= 4 is 17.6 Å². The number of nitro groups is 1. The highest BCUT2D eigenvalue weighted by molar-refractivity contribution is 6.02. The molecule has 0 bridgehead atoms. The number of rotatable bonds is 3. The number of aryl methyl sites for hydroxylation is 1. The maximum Gasteiger partial charge on any atom is 0.433 e. The summed E-state index contributed by atoms with van der Waals surface area (Å²) in [5, 5.41) is 25.5. The maximum absolute atomic E-state index is 11.8. The van der Waals surface area contributed by atoms with E-state index >= 15 is 0 Å². The van der Waals surface area contributed by atoms with Crippen LogP contribution in [0, 0.1) is 21.4 Å². The number of aromatic nitrogens is 2. The lowest BCUT2D eigenvalue weighted by Gasteiger charge is -2.03. The number of nitriles is 1. The summed E-state index contributed by atoms with van der Waals surface area (Å²) < 4.78 is 6.04. The molecule has 2 aromatic rings. The van der Waals surface area contributed by atoms with Gasteiger partial charge in [0.25, 0.3) is 5.91 Å². The summed E-state index contributed by atoms with van der Waals surface area (Å²) in [6, 6.07) is 4.11. The SMILES string of the molecule is Cn1ncc(C#N)c1NC(=O)c1ccc([N+](=O)[O-])o1. The van der Waals surface area contributed by atoms with Crippen molar-refractivity contribution in [2.45, 2.75) is 0 Å². The van der Waals surface area contributed by atoms with E-state index in [2.05, 4.69) is 10.4 Å². The second kappa shape index (κ2) is 4.61. The fraction of sp³-hybridized carbons (Fsp3) is 0.100. The number of furan rings is 1. The number of nitrogens with one attached hydrogen (secondary N) is 1. The Kier molecular flexibility index (Phi) is 2.99. The van der Waals surface area contributed by atoms with E-state index in [0.717, 1.165) is 6.07 Å². The minimum Gasteiger partial charge on any atom is -0.395 e. The molecular formula is C10H7N5O4. The molecule has 0 fully saturated rings. The van der Waals surface area contributed by atoms with Gasteiger partial charge in [-0.1, -0.05) is 0 Å². The molecule has 2 heterocycles. The molecular weight excluding hydrogens is 254 g/mol. The van der Waals surface area contributed by atoms with Crippen molar-refractivity contribution in [3.63, 3.8) is 0 Å². The summed E-state index contributed by atoms with van der Waals surface area (Å²) in [5.41, 5.74) is 0.178. The first kappa shape index (κ1) is 12.3. The van der Waals surface area contributed by atoms with Gasteiger partial charge >= 0.3 is 5.88 Å². The van der Waals surface area contributed by atoms with E-state index in [4.69, 9.17) is 9.68 Å². The molecule has 0 saturated heterocycles. The molecule has 0 aliphatic heterocycles. The third-order valence-electron chi connectivity index (χ3n) is 2.29. The summed E-state index contributed by atoms with van der Waals surface area (Å²) >= 11 is 0. The predicted octanol–water partition coefficient (Wildman–Crippen LogP) is 1.05. The van der Waals surface area contributed by atoms with E-state index in [1.54, 1.807) is 7.05 Å². The van der Waals surface area contributed by atoms with Crippen molar-refractivity contribution in [3.8, 4) is 6.07 Å². The molecule has 9 nitrogen and oxygen atoms in total. The molecule has 0 aliphatic carbocycles. The van der Waals surface area contributed by atoms with Crippen molar-refractivity contribution in [1.29, 1.82) is 5.26 Å².